The predicted octanol–water partition coefficient (Wildman–Crippen LogP) is 1.38. The SMILES string of the molecule is C=C(CCC(C)CN=C=O)C(=O)O. The number of hydrogen-bond donors (Lipinski definition) is 1. The number of isocyanates is 1. The minimum atomic E-state index is -0.967. The molecule has 0 saturated heterocycles. The first-order valence-corrected chi connectivity index (χ1v) is 4.02. The van der Waals surface area contributed by atoms with E-state index in [1.165, 1.54) is 6.08 Å². The second-order valence-corrected chi connectivity index (χ2v) is 2.98. The Hall–Kier alpha value is -1.41. The number of nitrogens with zero attached hydrogens (tertiary/aromatic N) is 1. The summed E-state index contributed by atoms with van der Waals surface area (Å²) in [4.78, 5) is 23.5. The molecule has 0 aromatic carbocycles. The van der Waals surface area contributed by atoms with Gasteiger partial charge in [0, 0.05) is 5.57 Å². The zero-order valence-corrected chi connectivity index (χ0v) is 7.62. The van der Waals surface area contributed by atoms with E-state index in [1.54, 1.807) is 0 Å². The largest absolute Gasteiger partial charge is 0.478 e. The van der Waals surface area contributed by atoms with Crippen LogP contribution in [0.1, 0.15) is 19.8 Å². The van der Waals surface area contributed by atoms with Gasteiger partial charge in [-0.2, -0.15) is 0 Å². The molecule has 0 aromatic heterocycles. The fraction of sp³-hybridized carbons (Fsp3) is 0.556. The fourth-order valence-corrected chi connectivity index (χ4v) is 0.812. The number of carboxylic acid groups (broad SMARTS) is 1. The van der Waals surface area contributed by atoms with Gasteiger partial charge in [0.25, 0.3) is 0 Å². The molecule has 0 aliphatic heterocycles. The molecule has 4 heteroatoms. The van der Waals surface area contributed by atoms with Crippen molar-refractivity contribution in [2.75, 3.05) is 6.54 Å². The van der Waals surface area contributed by atoms with E-state index >= 15 is 0 Å². The highest BCUT2D eigenvalue weighted by Crippen LogP contribution is 2.10. The summed E-state index contributed by atoms with van der Waals surface area (Å²) in [5.41, 5.74) is 0.196. The first-order chi connectivity index (χ1) is 6.07. The highest BCUT2D eigenvalue weighted by Gasteiger charge is 2.06. The van der Waals surface area contributed by atoms with E-state index < -0.39 is 5.97 Å². The third kappa shape index (κ3) is 5.82. The molecule has 1 unspecified atom stereocenters. The lowest BCUT2D eigenvalue weighted by atomic mass is 10.0. The molecule has 0 rings (SSSR count). The Labute approximate surface area is 77.0 Å². The Morgan fingerprint density at radius 1 is 1.69 bits per heavy atom. The standard InChI is InChI=1S/C9H13NO3/c1-7(5-10-6-11)3-4-8(2)9(12)13/h7H,2-5H2,1H3,(H,12,13). The van der Waals surface area contributed by atoms with Gasteiger partial charge in [-0.05, 0) is 18.8 Å². The van der Waals surface area contributed by atoms with Crippen LogP contribution in [0.15, 0.2) is 17.1 Å². The number of aliphatic carboxylic acids is 1. The smallest absolute Gasteiger partial charge is 0.330 e. The first-order valence-electron chi connectivity index (χ1n) is 4.02. The highest BCUT2D eigenvalue weighted by molar-refractivity contribution is 5.85. The third-order valence-corrected chi connectivity index (χ3v) is 1.71. The molecule has 0 aliphatic carbocycles. The Bertz CT molecular complexity index is 241. The molecule has 4 nitrogen and oxygen atoms in total. The fourth-order valence-electron chi connectivity index (χ4n) is 0.812. The number of carbonyl (C=O) groups excluding carboxylic acids is 1. The van der Waals surface area contributed by atoms with Crippen molar-refractivity contribution in [3.05, 3.63) is 12.2 Å². The number of rotatable bonds is 6. The van der Waals surface area contributed by atoms with Crippen LogP contribution in [0.25, 0.3) is 0 Å². The summed E-state index contributed by atoms with van der Waals surface area (Å²) >= 11 is 0. The normalized spacial score (nSPS) is 11.5. The van der Waals surface area contributed by atoms with Crippen LogP contribution in [0.4, 0.5) is 0 Å². The van der Waals surface area contributed by atoms with Crippen molar-refractivity contribution in [1.82, 2.24) is 0 Å². The van der Waals surface area contributed by atoms with Crippen LogP contribution in [0.3, 0.4) is 0 Å². The van der Waals surface area contributed by atoms with Gasteiger partial charge >= 0.3 is 5.97 Å². The maximum absolute atomic E-state index is 10.3. The van der Waals surface area contributed by atoms with Crippen LogP contribution >= 0.6 is 0 Å². The van der Waals surface area contributed by atoms with Crippen molar-refractivity contribution in [2.24, 2.45) is 10.9 Å². The molecule has 1 N–H and O–H groups in total. The molecule has 0 spiro atoms. The van der Waals surface area contributed by atoms with E-state index in [2.05, 4.69) is 11.6 Å². The van der Waals surface area contributed by atoms with Crippen molar-refractivity contribution in [1.29, 1.82) is 0 Å². The molecule has 0 fully saturated rings. The van der Waals surface area contributed by atoms with Crippen molar-refractivity contribution < 1.29 is 14.7 Å². The van der Waals surface area contributed by atoms with Crippen molar-refractivity contribution in [3.63, 3.8) is 0 Å². The summed E-state index contributed by atoms with van der Waals surface area (Å²) in [5.74, 6) is -0.774. The molecule has 0 aromatic rings. The van der Waals surface area contributed by atoms with Gasteiger partial charge in [-0.15, -0.1) is 0 Å². The van der Waals surface area contributed by atoms with E-state index in [-0.39, 0.29) is 11.5 Å². The predicted molar refractivity (Wildman–Crippen MR) is 48.2 cm³/mol. The van der Waals surface area contributed by atoms with Gasteiger partial charge in [0.15, 0.2) is 0 Å². The zero-order chi connectivity index (χ0) is 10.3. The number of aliphatic imine (C=N–C) groups is 1. The molecule has 72 valence electrons. The van der Waals surface area contributed by atoms with Gasteiger partial charge in [0.1, 0.15) is 0 Å². The average Bonchev–Trinajstić information content (AvgIpc) is 2.10. The number of carboxylic acids is 1. The summed E-state index contributed by atoms with van der Waals surface area (Å²) in [7, 11) is 0. The van der Waals surface area contributed by atoms with Crippen molar-refractivity contribution in [3.8, 4) is 0 Å². The molecule has 13 heavy (non-hydrogen) atoms. The van der Waals surface area contributed by atoms with Gasteiger partial charge in [-0.25, -0.2) is 14.6 Å². The number of hydrogen-bond acceptors (Lipinski definition) is 3. The monoisotopic (exact) mass is 183 g/mol. The molecule has 0 saturated carbocycles. The minimum Gasteiger partial charge on any atom is -0.478 e. The van der Waals surface area contributed by atoms with Gasteiger partial charge < -0.3 is 5.11 Å². The summed E-state index contributed by atoms with van der Waals surface area (Å²) in [5, 5.41) is 8.49. The maximum Gasteiger partial charge on any atom is 0.330 e. The number of carbonyl (C=O) groups is 1. The summed E-state index contributed by atoms with van der Waals surface area (Å²) in [6.07, 6.45) is 2.56. The summed E-state index contributed by atoms with van der Waals surface area (Å²) in [6, 6.07) is 0. The Morgan fingerprint density at radius 2 is 2.31 bits per heavy atom. The van der Waals surface area contributed by atoms with E-state index in [0.29, 0.717) is 19.4 Å². The van der Waals surface area contributed by atoms with Crippen molar-refractivity contribution >= 4 is 12.0 Å². The second kappa shape index (κ2) is 6.14. The lowest BCUT2D eigenvalue weighted by Gasteiger charge is -2.06. The Kier molecular flexibility index (Phi) is 5.48. The van der Waals surface area contributed by atoms with Gasteiger partial charge in [0.2, 0.25) is 6.08 Å². The molecule has 0 radical (unpaired) electrons. The second-order valence-electron chi connectivity index (χ2n) is 2.98. The van der Waals surface area contributed by atoms with Crippen LogP contribution in [-0.4, -0.2) is 23.7 Å². The average molecular weight is 183 g/mol. The van der Waals surface area contributed by atoms with Crippen LogP contribution in [0.5, 0.6) is 0 Å². The lowest BCUT2D eigenvalue weighted by molar-refractivity contribution is -0.132. The summed E-state index contributed by atoms with van der Waals surface area (Å²) in [6.45, 7) is 5.70. The summed E-state index contributed by atoms with van der Waals surface area (Å²) < 4.78 is 0. The third-order valence-electron chi connectivity index (χ3n) is 1.71. The molecule has 0 amide bonds. The maximum atomic E-state index is 10.3. The lowest BCUT2D eigenvalue weighted by Crippen LogP contribution is -2.04. The Balaban J connectivity index is 3.69. The van der Waals surface area contributed by atoms with Crippen LogP contribution in [-0.2, 0) is 9.59 Å². The van der Waals surface area contributed by atoms with Crippen molar-refractivity contribution in [2.45, 2.75) is 19.8 Å². The molecule has 0 heterocycles. The molecule has 0 aliphatic rings. The quantitative estimate of drug-likeness (QED) is 0.384. The molecular formula is C9H13NO3. The molecule has 0 bridgehead atoms. The Morgan fingerprint density at radius 3 is 2.77 bits per heavy atom. The highest BCUT2D eigenvalue weighted by atomic mass is 16.4. The zero-order valence-electron chi connectivity index (χ0n) is 7.62. The van der Waals surface area contributed by atoms with E-state index in [1.807, 2.05) is 6.92 Å². The molecule has 1 atom stereocenters. The van der Waals surface area contributed by atoms with Gasteiger partial charge in [-0.1, -0.05) is 13.5 Å². The van der Waals surface area contributed by atoms with Gasteiger partial charge in [-0.3, -0.25) is 0 Å². The van der Waals surface area contributed by atoms with Crippen LogP contribution in [0, 0.1) is 5.92 Å². The van der Waals surface area contributed by atoms with Crippen LogP contribution in [0.2, 0.25) is 0 Å². The van der Waals surface area contributed by atoms with Crippen LogP contribution < -0.4 is 0 Å². The van der Waals surface area contributed by atoms with Gasteiger partial charge in [0.05, 0.1) is 6.54 Å². The van der Waals surface area contributed by atoms with E-state index in [4.69, 9.17) is 5.11 Å². The first kappa shape index (κ1) is 11.6. The van der Waals surface area contributed by atoms with E-state index in [9.17, 15) is 9.59 Å². The molecular weight excluding hydrogens is 170 g/mol. The minimum absolute atomic E-state index is 0.192. The topological polar surface area (TPSA) is 66.7 Å². The van der Waals surface area contributed by atoms with E-state index in [0.717, 1.165) is 0 Å².